The van der Waals surface area contributed by atoms with Crippen LogP contribution < -0.4 is 10.6 Å². The van der Waals surface area contributed by atoms with Crippen LogP contribution in [-0.4, -0.2) is 35.0 Å². The zero-order valence-electron chi connectivity index (χ0n) is 14.1. The molecular weight excluding hydrogens is 312 g/mol. The molecule has 0 spiro atoms. The van der Waals surface area contributed by atoms with Crippen molar-refractivity contribution in [1.29, 1.82) is 5.26 Å². The molecule has 1 aromatic heterocycles. The quantitative estimate of drug-likeness (QED) is 0.389. The molecule has 6 heteroatoms. The van der Waals surface area contributed by atoms with Gasteiger partial charge in [0.1, 0.15) is 0 Å². The number of aliphatic imine (C=N–C) groups is 1. The number of aromatic nitrogens is 1. The number of nitriles is 1. The Labute approximate surface area is 148 Å². The first kappa shape index (κ1) is 16.9. The van der Waals surface area contributed by atoms with Gasteiger partial charge in [-0.2, -0.15) is 5.26 Å². The monoisotopic (exact) mass is 334 g/mol. The van der Waals surface area contributed by atoms with Crippen molar-refractivity contribution >= 4 is 11.6 Å². The Morgan fingerprint density at radius 1 is 1.20 bits per heavy atom. The van der Waals surface area contributed by atoms with E-state index in [9.17, 15) is 0 Å². The minimum absolute atomic E-state index is 0.309. The summed E-state index contributed by atoms with van der Waals surface area (Å²) in [6.45, 7) is 3.04. The number of rotatable bonds is 4. The Morgan fingerprint density at radius 2 is 2.00 bits per heavy atom. The summed E-state index contributed by atoms with van der Waals surface area (Å²) < 4.78 is 0. The van der Waals surface area contributed by atoms with E-state index in [1.54, 1.807) is 12.4 Å². The van der Waals surface area contributed by atoms with Gasteiger partial charge in [0.2, 0.25) is 5.96 Å². The molecule has 2 aromatic rings. The first-order valence-electron chi connectivity index (χ1n) is 8.50. The Bertz CT molecular complexity index is 715. The summed E-state index contributed by atoms with van der Waals surface area (Å²) in [5.41, 5.74) is 2.06. The third-order valence-electron chi connectivity index (χ3n) is 4.24. The number of benzene rings is 1. The average molecular weight is 334 g/mol. The molecule has 1 aliphatic rings. The fourth-order valence-corrected chi connectivity index (χ4v) is 2.97. The first-order valence-corrected chi connectivity index (χ1v) is 8.50. The zero-order valence-corrected chi connectivity index (χ0v) is 14.1. The van der Waals surface area contributed by atoms with Crippen LogP contribution in [0.15, 0.2) is 59.9 Å². The lowest BCUT2D eigenvalue weighted by Gasteiger charge is -2.32. The molecule has 2 heterocycles. The van der Waals surface area contributed by atoms with Crippen molar-refractivity contribution in [2.24, 2.45) is 4.99 Å². The van der Waals surface area contributed by atoms with Crippen molar-refractivity contribution in [2.75, 3.05) is 13.1 Å². The highest BCUT2D eigenvalue weighted by molar-refractivity contribution is 5.84. The van der Waals surface area contributed by atoms with Crippen molar-refractivity contribution < 1.29 is 0 Å². The van der Waals surface area contributed by atoms with Gasteiger partial charge >= 0.3 is 0 Å². The van der Waals surface area contributed by atoms with Crippen LogP contribution in [0.3, 0.4) is 0 Å². The number of likely N-dealkylation sites (tertiary alicyclic amines) is 1. The van der Waals surface area contributed by atoms with Gasteiger partial charge < -0.3 is 5.32 Å². The van der Waals surface area contributed by atoms with E-state index in [2.05, 4.69) is 49.8 Å². The van der Waals surface area contributed by atoms with Gasteiger partial charge in [0.05, 0.1) is 11.9 Å². The molecule has 0 aliphatic carbocycles. The summed E-state index contributed by atoms with van der Waals surface area (Å²) in [4.78, 5) is 10.9. The lowest BCUT2D eigenvalue weighted by atomic mass is 10.0. The van der Waals surface area contributed by atoms with Gasteiger partial charge in [0, 0.05) is 31.9 Å². The predicted molar refractivity (Wildman–Crippen MR) is 98.0 cm³/mol. The third-order valence-corrected chi connectivity index (χ3v) is 4.24. The Hall–Kier alpha value is -2.91. The zero-order chi connectivity index (χ0) is 17.3. The second-order valence-corrected chi connectivity index (χ2v) is 6.09. The van der Waals surface area contributed by atoms with E-state index in [0.29, 0.717) is 17.7 Å². The maximum absolute atomic E-state index is 8.94. The molecule has 128 valence electrons. The minimum Gasteiger partial charge on any atom is -0.352 e. The maximum atomic E-state index is 8.94. The third kappa shape index (κ3) is 5.30. The summed E-state index contributed by atoms with van der Waals surface area (Å²) in [6, 6.07) is 14.5. The number of hydrogen-bond acceptors (Lipinski definition) is 4. The van der Waals surface area contributed by atoms with Crippen LogP contribution in [0.2, 0.25) is 0 Å². The summed E-state index contributed by atoms with van der Waals surface area (Å²) in [6.07, 6.45) is 7.36. The lowest BCUT2D eigenvalue weighted by Crippen LogP contribution is -2.47. The van der Waals surface area contributed by atoms with Crippen molar-refractivity contribution in [3.8, 4) is 6.19 Å². The molecule has 1 saturated heterocycles. The van der Waals surface area contributed by atoms with Crippen molar-refractivity contribution in [1.82, 2.24) is 20.5 Å². The van der Waals surface area contributed by atoms with E-state index in [1.807, 2.05) is 24.4 Å². The second-order valence-electron chi connectivity index (χ2n) is 6.09. The van der Waals surface area contributed by atoms with Crippen molar-refractivity contribution in [2.45, 2.75) is 25.4 Å². The highest BCUT2D eigenvalue weighted by Crippen LogP contribution is 2.14. The van der Waals surface area contributed by atoms with Crippen LogP contribution in [0.1, 0.15) is 18.4 Å². The molecule has 1 aliphatic heterocycles. The summed E-state index contributed by atoms with van der Waals surface area (Å²) in [7, 11) is 0. The molecule has 1 aromatic carbocycles. The number of nitrogens with one attached hydrogen (secondary N) is 2. The smallest absolute Gasteiger partial charge is 0.210 e. The molecule has 6 nitrogen and oxygen atoms in total. The molecule has 1 fully saturated rings. The molecule has 0 radical (unpaired) electrons. The van der Waals surface area contributed by atoms with Gasteiger partial charge in [0.25, 0.3) is 0 Å². The Balaban J connectivity index is 1.53. The van der Waals surface area contributed by atoms with Crippen LogP contribution in [0.25, 0.3) is 0 Å². The molecule has 25 heavy (non-hydrogen) atoms. The van der Waals surface area contributed by atoms with E-state index in [-0.39, 0.29) is 0 Å². The van der Waals surface area contributed by atoms with E-state index < -0.39 is 0 Å². The maximum Gasteiger partial charge on any atom is 0.210 e. The topological polar surface area (TPSA) is 76.3 Å². The number of guanidine groups is 1. The van der Waals surface area contributed by atoms with Crippen LogP contribution in [0, 0.1) is 11.5 Å². The number of piperidine rings is 1. The van der Waals surface area contributed by atoms with Crippen molar-refractivity contribution in [3.63, 3.8) is 0 Å². The fraction of sp³-hybridized carbons (Fsp3) is 0.316. The normalized spacial score (nSPS) is 16.2. The standard InChI is InChI=1S/C19H22N6/c20-15-22-19(24-18-7-4-10-21-13-18)23-17-8-11-25(12-9-17)14-16-5-2-1-3-6-16/h1-7,10,13,17H,8-9,11-12,14H2,(H2,22,23,24). The molecule has 3 rings (SSSR count). The largest absolute Gasteiger partial charge is 0.352 e. The number of pyridine rings is 1. The van der Waals surface area contributed by atoms with Crippen LogP contribution in [-0.2, 0) is 6.54 Å². The van der Waals surface area contributed by atoms with Gasteiger partial charge in [-0.3, -0.25) is 15.2 Å². The minimum atomic E-state index is 0.309. The number of hydrogen-bond donors (Lipinski definition) is 2. The molecule has 0 atom stereocenters. The fourth-order valence-electron chi connectivity index (χ4n) is 2.97. The van der Waals surface area contributed by atoms with Crippen LogP contribution >= 0.6 is 0 Å². The first-order chi connectivity index (χ1) is 12.3. The van der Waals surface area contributed by atoms with Gasteiger partial charge in [-0.25, -0.2) is 4.99 Å². The number of nitrogens with zero attached hydrogens (tertiary/aromatic N) is 4. The Kier molecular flexibility index (Phi) is 5.96. The summed E-state index contributed by atoms with van der Waals surface area (Å²) in [5, 5.41) is 14.9. The second kappa shape index (κ2) is 8.81. The van der Waals surface area contributed by atoms with Gasteiger partial charge in [0.15, 0.2) is 6.19 Å². The van der Waals surface area contributed by atoms with Gasteiger partial charge in [-0.05, 0) is 30.5 Å². The summed E-state index contributed by atoms with van der Waals surface area (Å²) >= 11 is 0. The van der Waals surface area contributed by atoms with Gasteiger partial charge in [-0.15, -0.1) is 0 Å². The van der Waals surface area contributed by atoms with E-state index in [4.69, 9.17) is 5.26 Å². The average Bonchev–Trinajstić information content (AvgIpc) is 2.65. The predicted octanol–water partition coefficient (Wildman–Crippen LogP) is 2.39. The van der Waals surface area contributed by atoms with E-state index in [0.717, 1.165) is 32.5 Å². The molecule has 2 N–H and O–H groups in total. The van der Waals surface area contributed by atoms with E-state index in [1.165, 1.54) is 5.56 Å². The molecule has 0 saturated carbocycles. The highest BCUT2D eigenvalue weighted by Gasteiger charge is 2.20. The van der Waals surface area contributed by atoms with E-state index >= 15 is 0 Å². The van der Waals surface area contributed by atoms with Crippen LogP contribution in [0.4, 0.5) is 5.69 Å². The highest BCUT2D eigenvalue weighted by atomic mass is 15.2. The Morgan fingerprint density at radius 3 is 2.68 bits per heavy atom. The van der Waals surface area contributed by atoms with Crippen LogP contribution in [0.5, 0.6) is 0 Å². The molecular formula is C19H22N6. The lowest BCUT2D eigenvalue weighted by molar-refractivity contribution is 0.198. The SMILES string of the molecule is N#CNC(=Nc1cccnc1)NC1CCN(Cc2ccccc2)CC1. The molecule has 0 bridgehead atoms. The van der Waals surface area contributed by atoms with Crippen molar-refractivity contribution in [3.05, 3.63) is 60.4 Å². The molecule has 0 unspecified atom stereocenters. The summed E-state index contributed by atoms with van der Waals surface area (Å²) in [5.74, 6) is 0.483. The molecule has 0 amide bonds. The van der Waals surface area contributed by atoms with Gasteiger partial charge in [-0.1, -0.05) is 30.3 Å².